The lowest BCUT2D eigenvalue weighted by Gasteiger charge is -2.04. The standard InChI is InChI=1S/C13H20N2O2S/c1-3-5-9(14)12-15-10(8-6-7-8)11(18-12)13(16)17-4-2/h8-9H,3-7,14H2,1-2H3. The fraction of sp³-hybridized carbons (Fsp3) is 0.692. The van der Waals surface area contributed by atoms with Crippen LogP contribution in [0.3, 0.4) is 0 Å². The van der Waals surface area contributed by atoms with E-state index >= 15 is 0 Å². The second-order valence-corrected chi connectivity index (χ2v) is 5.69. The molecule has 0 bridgehead atoms. The second kappa shape index (κ2) is 5.80. The van der Waals surface area contributed by atoms with Gasteiger partial charge in [-0.1, -0.05) is 13.3 Å². The smallest absolute Gasteiger partial charge is 0.350 e. The van der Waals surface area contributed by atoms with Crippen LogP contribution in [0.15, 0.2) is 0 Å². The third-order valence-corrected chi connectivity index (χ3v) is 4.19. The summed E-state index contributed by atoms with van der Waals surface area (Å²) in [4.78, 5) is 17.2. The van der Waals surface area contributed by atoms with E-state index in [0.29, 0.717) is 17.4 Å². The lowest BCUT2D eigenvalue weighted by Crippen LogP contribution is -2.09. The van der Waals surface area contributed by atoms with Gasteiger partial charge in [0.05, 0.1) is 18.3 Å². The van der Waals surface area contributed by atoms with E-state index in [1.807, 2.05) is 6.92 Å². The molecule has 100 valence electrons. The van der Waals surface area contributed by atoms with Gasteiger partial charge in [-0.15, -0.1) is 11.3 Å². The number of hydrogen-bond donors (Lipinski definition) is 1. The van der Waals surface area contributed by atoms with E-state index in [9.17, 15) is 4.79 Å². The average Bonchev–Trinajstić information content (AvgIpc) is 3.08. The molecule has 2 rings (SSSR count). The van der Waals surface area contributed by atoms with Gasteiger partial charge in [0.1, 0.15) is 9.88 Å². The molecule has 1 unspecified atom stereocenters. The quantitative estimate of drug-likeness (QED) is 0.805. The lowest BCUT2D eigenvalue weighted by atomic mass is 10.2. The maximum absolute atomic E-state index is 11.9. The van der Waals surface area contributed by atoms with Gasteiger partial charge in [0.15, 0.2) is 0 Å². The van der Waals surface area contributed by atoms with Crippen LogP contribution >= 0.6 is 11.3 Å². The summed E-state index contributed by atoms with van der Waals surface area (Å²) in [5.41, 5.74) is 6.99. The van der Waals surface area contributed by atoms with E-state index in [1.165, 1.54) is 11.3 Å². The Hall–Kier alpha value is -0.940. The number of rotatable bonds is 6. The molecule has 0 radical (unpaired) electrons. The van der Waals surface area contributed by atoms with Gasteiger partial charge in [-0.05, 0) is 26.2 Å². The zero-order valence-corrected chi connectivity index (χ0v) is 11.8. The van der Waals surface area contributed by atoms with Crippen LogP contribution in [0.1, 0.15) is 71.9 Å². The maximum atomic E-state index is 11.9. The summed E-state index contributed by atoms with van der Waals surface area (Å²) in [6, 6.07) is -0.0549. The molecular weight excluding hydrogens is 248 g/mol. The van der Waals surface area contributed by atoms with Gasteiger partial charge >= 0.3 is 5.97 Å². The van der Waals surface area contributed by atoms with Crippen molar-refractivity contribution in [3.63, 3.8) is 0 Å². The first-order chi connectivity index (χ1) is 8.67. The molecule has 1 aromatic heterocycles. The Labute approximate surface area is 112 Å². The van der Waals surface area contributed by atoms with Gasteiger partial charge in [-0.3, -0.25) is 0 Å². The van der Waals surface area contributed by atoms with E-state index < -0.39 is 0 Å². The van der Waals surface area contributed by atoms with Crippen LogP contribution in [-0.2, 0) is 4.74 Å². The van der Waals surface area contributed by atoms with Gasteiger partial charge in [-0.25, -0.2) is 9.78 Å². The number of nitrogens with two attached hydrogens (primary N) is 1. The van der Waals surface area contributed by atoms with Crippen LogP contribution in [0.2, 0.25) is 0 Å². The minimum absolute atomic E-state index is 0.0549. The van der Waals surface area contributed by atoms with Crippen molar-refractivity contribution in [3.05, 3.63) is 15.6 Å². The number of hydrogen-bond acceptors (Lipinski definition) is 5. The molecular formula is C13H20N2O2S. The third kappa shape index (κ3) is 2.90. The molecule has 5 heteroatoms. The van der Waals surface area contributed by atoms with Crippen LogP contribution < -0.4 is 5.73 Å². The minimum Gasteiger partial charge on any atom is -0.462 e. The summed E-state index contributed by atoms with van der Waals surface area (Å²) in [7, 11) is 0. The molecule has 1 aromatic rings. The Bertz CT molecular complexity index is 427. The Morgan fingerprint density at radius 1 is 1.56 bits per heavy atom. The molecule has 0 spiro atoms. The maximum Gasteiger partial charge on any atom is 0.350 e. The normalized spacial score (nSPS) is 16.6. The Kier molecular flexibility index (Phi) is 4.35. The summed E-state index contributed by atoms with van der Waals surface area (Å²) in [5.74, 6) is 0.204. The molecule has 1 heterocycles. The molecule has 0 amide bonds. The number of thiazole rings is 1. The molecule has 0 saturated heterocycles. The van der Waals surface area contributed by atoms with Gasteiger partial charge < -0.3 is 10.5 Å². The van der Waals surface area contributed by atoms with Crippen molar-refractivity contribution in [3.8, 4) is 0 Å². The highest BCUT2D eigenvalue weighted by atomic mass is 32.1. The second-order valence-electron chi connectivity index (χ2n) is 4.66. The highest BCUT2D eigenvalue weighted by molar-refractivity contribution is 7.13. The fourth-order valence-corrected chi connectivity index (χ4v) is 3.00. The number of carbonyl (C=O) groups excluding carboxylic acids is 1. The molecule has 1 saturated carbocycles. The number of aromatic nitrogens is 1. The van der Waals surface area contributed by atoms with Gasteiger partial charge in [0.25, 0.3) is 0 Å². The molecule has 2 N–H and O–H groups in total. The van der Waals surface area contributed by atoms with Crippen LogP contribution in [-0.4, -0.2) is 17.6 Å². The first-order valence-electron chi connectivity index (χ1n) is 6.60. The molecule has 1 atom stereocenters. The molecule has 0 aliphatic heterocycles. The first-order valence-corrected chi connectivity index (χ1v) is 7.42. The van der Waals surface area contributed by atoms with Crippen molar-refractivity contribution in [2.24, 2.45) is 5.73 Å². The fourth-order valence-electron chi connectivity index (χ4n) is 1.92. The highest BCUT2D eigenvalue weighted by Crippen LogP contribution is 2.43. The van der Waals surface area contributed by atoms with Crippen LogP contribution in [0.5, 0.6) is 0 Å². The highest BCUT2D eigenvalue weighted by Gasteiger charge is 2.33. The number of ether oxygens (including phenoxy) is 1. The molecule has 1 fully saturated rings. The SMILES string of the molecule is CCCC(N)c1nc(C2CC2)c(C(=O)OCC)s1. The molecule has 0 aromatic carbocycles. The summed E-state index contributed by atoms with van der Waals surface area (Å²) in [5, 5.41) is 0.877. The Morgan fingerprint density at radius 2 is 2.28 bits per heavy atom. The zero-order chi connectivity index (χ0) is 13.1. The summed E-state index contributed by atoms with van der Waals surface area (Å²) < 4.78 is 5.09. The summed E-state index contributed by atoms with van der Waals surface area (Å²) in [6.07, 6.45) is 4.17. The minimum atomic E-state index is -0.244. The van der Waals surface area contributed by atoms with Crippen molar-refractivity contribution in [2.45, 2.75) is 51.5 Å². The number of nitrogens with zero attached hydrogens (tertiary/aromatic N) is 1. The van der Waals surface area contributed by atoms with Crippen LogP contribution in [0, 0.1) is 0 Å². The van der Waals surface area contributed by atoms with E-state index in [1.54, 1.807) is 0 Å². The molecule has 1 aliphatic rings. The third-order valence-electron chi connectivity index (χ3n) is 3.01. The van der Waals surface area contributed by atoms with Gasteiger partial charge in [-0.2, -0.15) is 0 Å². The Morgan fingerprint density at radius 3 is 2.83 bits per heavy atom. The van der Waals surface area contributed by atoms with Crippen molar-refractivity contribution in [1.82, 2.24) is 4.98 Å². The monoisotopic (exact) mass is 268 g/mol. The topological polar surface area (TPSA) is 65.2 Å². The lowest BCUT2D eigenvalue weighted by molar-refractivity contribution is 0.0530. The molecule has 4 nitrogen and oxygen atoms in total. The predicted molar refractivity (Wildman–Crippen MR) is 71.9 cm³/mol. The average molecular weight is 268 g/mol. The van der Waals surface area contributed by atoms with E-state index in [0.717, 1.165) is 36.4 Å². The van der Waals surface area contributed by atoms with Crippen LogP contribution in [0.25, 0.3) is 0 Å². The van der Waals surface area contributed by atoms with E-state index in [2.05, 4.69) is 11.9 Å². The van der Waals surface area contributed by atoms with Crippen LogP contribution in [0.4, 0.5) is 0 Å². The number of esters is 1. The Balaban J connectivity index is 2.23. The summed E-state index contributed by atoms with van der Waals surface area (Å²) in [6.45, 7) is 4.32. The van der Waals surface area contributed by atoms with Gasteiger partial charge in [0.2, 0.25) is 0 Å². The number of carbonyl (C=O) groups is 1. The van der Waals surface area contributed by atoms with Crippen molar-refractivity contribution >= 4 is 17.3 Å². The predicted octanol–water partition coefficient (Wildman–Crippen LogP) is 3.00. The first kappa shape index (κ1) is 13.5. The molecule has 18 heavy (non-hydrogen) atoms. The zero-order valence-electron chi connectivity index (χ0n) is 10.9. The largest absolute Gasteiger partial charge is 0.462 e. The van der Waals surface area contributed by atoms with Crippen molar-refractivity contribution in [1.29, 1.82) is 0 Å². The van der Waals surface area contributed by atoms with Crippen molar-refractivity contribution in [2.75, 3.05) is 6.61 Å². The van der Waals surface area contributed by atoms with Crippen molar-refractivity contribution < 1.29 is 9.53 Å². The molecule has 1 aliphatic carbocycles. The van der Waals surface area contributed by atoms with E-state index in [4.69, 9.17) is 10.5 Å². The van der Waals surface area contributed by atoms with E-state index in [-0.39, 0.29) is 12.0 Å². The van der Waals surface area contributed by atoms with Gasteiger partial charge in [0, 0.05) is 5.92 Å². The summed E-state index contributed by atoms with van der Waals surface area (Å²) >= 11 is 1.41.